The molecule has 0 spiro atoms. The second kappa shape index (κ2) is 6.05. The van der Waals surface area contributed by atoms with E-state index in [9.17, 15) is 5.11 Å². The van der Waals surface area contributed by atoms with Crippen LogP contribution in [-0.4, -0.2) is 17.2 Å². The Labute approximate surface area is 113 Å². The number of aliphatic hydroxyl groups is 1. The second-order valence-electron chi connectivity index (χ2n) is 4.80. The Morgan fingerprint density at radius 3 is 2.59 bits per heavy atom. The number of aliphatic hydroxyl groups excluding tert-OH is 1. The highest BCUT2D eigenvalue weighted by Gasteiger charge is 2.18. The number of halogens is 2. The molecule has 0 aliphatic rings. The molecular formula is C13H19Cl2NO. The fourth-order valence-electron chi connectivity index (χ4n) is 1.38. The van der Waals surface area contributed by atoms with Gasteiger partial charge in [-0.3, -0.25) is 0 Å². The van der Waals surface area contributed by atoms with Gasteiger partial charge in [0.2, 0.25) is 0 Å². The molecular weight excluding hydrogens is 257 g/mol. The Hall–Kier alpha value is -0.280. The van der Waals surface area contributed by atoms with Gasteiger partial charge >= 0.3 is 0 Å². The minimum Gasteiger partial charge on any atom is -0.387 e. The van der Waals surface area contributed by atoms with E-state index in [2.05, 4.69) is 26.1 Å². The van der Waals surface area contributed by atoms with Gasteiger partial charge in [0.25, 0.3) is 0 Å². The average molecular weight is 276 g/mol. The first-order valence-electron chi connectivity index (χ1n) is 5.74. The summed E-state index contributed by atoms with van der Waals surface area (Å²) >= 11 is 11.9. The maximum atomic E-state index is 10.1. The van der Waals surface area contributed by atoms with Gasteiger partial charge in [0, 0.05) is 27.7 Å². The first-order valence-corrected chi connectivity index (χ1v) is 6.49. The summed E-state index contributed by atoms with van der Waals surface area (Å²) in [4.78, 5) is 0. The molecule has 0 aliphatic heterocycles. The van der Waals surface area contributed by atoms with Crippen LogP contribution in [0.3, 0.4) is 0 Å². The molecule has 17 heavy (non-hydrogen) atoms. The summed E-state index contributed by atoms with van der Waals surface area (Å²) < 4.78 is 0. The van der Waals surface area contributed by atoms with Crippen molar-refractivity contribution >= 4 is 23.2 Å². The van der Waals surface area contributed by atoms with Crippen LogP contribution in [0.2, 0.25) is 10.0 Å². The monoisotopic (exact) mass is 275 g/mol. The van der Waals surface area contributed by atoms with Crippen molar-refractivity contribution in [3.63, 3.8) is 0 Å². The number of benzene rings is 1. The van der Waals surface area contributed by atoms with E-state index in [0.29, 0.717) is 22.2 Å². The number of nitrogens with one attached hydrogen (secondary N) is 1. The third-order valence-corrected chi connectivity index (χ3v) is 3.55. The van der Waals surface area contributed by atoms with Gasteiger partial charge in [-0.1, -0.05) is 30.1 Å². The van der Waals surface area contributed by atoms with Crippen LogP contribution in [0.15, 0.2) is 18.2 Å². The highest BCUT2D eigenvalue weighted by Crippen LogP contribution is 2.26. The third-order valence-electron chi connectivity index (χ3n) is 2.97. The lowest BCUT2D eigenvalue weighted by molar-refractivity contribution is 0.160. The van der Waals surface area contributed by atoms with E-state index in [1.165, 1.54) is 0 Å². The summed E-state index contributed by atoms with van der Waals surface area (Å²) in [6, 6.07) is 5.12. The van der Waals surface area contributed by atoms with Gasteiger partial charge in [-0.2, -0.15) is 0 Å². The molecule has 0 heterocycles. The van der Waals surface area contributed by atoms with Crippen LogP contribution < -0.4 is 5.32 Å². The smallest absolute Gasteiger partial charge is 0.0929 e. The van der Waals surface area contributed by atoms with Gasteiger partial charge in [0.15, 0.2) is 0 Å². The lowest BCUT2D eigenvalue weighted by Gasteiger charge is -2.26. The molecule has 0 saturated carbocycles. The molecule has 1 unspecified atom stereocenters. The van der Waals surface area contributed by atoms with E-state index in [4.69, 9.17) is 23.2 Å². The number of rotatable bonds is 5. The van der Waals surface area contributed by atoms with Crippen molar-refractivity contribution in [1.82, 2.24) is 5.32 Å². The number of hydrogen-bond donors (Lipinski definition) is 2. The van der Waals surface area contributed by atoms with Crippen molar-refractivity contribution in [2.45, 2.75) is 38.8 Å². The van der Waals surface area contributed by atoms with Crippen LogP contribution >= 0.6 is 23.2 Å². The Kier molecular flexibility index (Phi) is 5.26. The SMILES string of the molecule is CCC(C)(C)NCC(O)c1cc(Cl)ccc1Cl. The zero-order chi connectivity index (χ0) is 13.1. The number of β-amino-alcohol motifs (C(OH)–C–C–N with tert-alkyl or cyclic N) is 1. The van der Waals surface area contributed by atoms with E-state index < -0.39 is 6.10 Å². The molecule has 96 valence electrons. The van der Waals surface area contributed by atoms with Crippen molar-refractivity contribution < 1.29 is 5.11 Å². The lowest BCUT2D eigenvalue weighted by Crippen LogP contribution is -2.40. The van der Waals surface area contributed by atoms with Crippen LogP contribution in [0.4, 0.5) is 0 Å². The molecule has 2 nitrogen and oxygen atoms in total. The fraction of sp³-hybridized carbons (Fsp3) is 0.538. The summed E-state index contributed by atoms with van der Waals surface area (Å²) in [6.45, 7) is 6.76. The van der Waals surface area contributed by atoms with Crippen molar-refractivity contribution in [1.29, 1.82) is 0 Å². The summed E-state index contributed by atoms with van der Waals surface area (Å²) in [5.74, 6) is 0. The van der Waals surface area contributed by atoms with Gasteiger partial charge < -0.3 is 10.4 Å². The van der Waals surface area contributed by atoms with Crippen molar-refractivity contribution in [2.24, 2.45) is 0 Å². The topological polar surface area (TPSA) is 32.3 Å². The Bertz CT molecular complexity index is 380. The molecule has 4 heteroatoms. The maximum Gasteiger partial charge on any atom is 0.0929 e. The Morgan fingerprint density at radius 1 is 1.35 bits per heavy atom. The molecule has 1 aromatic rings. The molecule has 0 fully saturated rings. The van der Waals surface area contributed by atoms with E-state index in [0.717, 1.165) is 6.42 Å². The van der Waals surface area contributed by atoms with Crippen LogP contribution in [0.25, 0.3) is 0 Å². The average Bonchev–Trinajstić information content (AvgIpc) is 2.29. The molecule has 2 N–H and O–H groups in total. The molecule has 0 aromatic heterocycles. The lowest BCUT2D eigenvalue weighted by atomic mass is 10.0. The molecule has 0 saturated heterocycles. The normalized spacial score (nSPS) is 13.8. The summed E-state index contributed by atoms with van der Waals surface area (Å²) in [5.41, 5.74) is 0.671. The minimum absolute atomic E-state index is 0.00598. The molecule has 1 aromatic carbocycles. The zero-order valence-corrected chi connectivity index (χ0v) is 11.9. The highest BCUT2D eigenvalue weighted by atomic mass is 35.5. The molecule has 0 amide bonds. The van der Waals surface area contributed by atoms with E-state index >= 15 is 0 Å². The second-order valence-corrected chi connectivity index (χ2v) is 5.64. The van der Waals surface area contributed by atoms with Crippen LogP contribution in [0.1, 0.15) is 38.9 Å². The third kappa shape index (κ3) is 4.47. The van der Waals surface area contributed by atoms with Crippen LogP contribution in [0, 0.1) is 0 Å². The van der Waals surface area contributed by atoms with Gasteiger partial charge in [0.1, 0.15) is 0 Å². The van der Waals surface area contributed by atoms with Gasteiger partial charge in [-0.15, -0.1) is 0 Å². The quantitative estimate of drug-likeness (QED) is 0.857. The predicted molar refractivity (Wildman–Crippen MR) is 73.8 cm³/mol. The minimum atomic E-state index is -0.646. The summed E-state index contributed by atoms with van der Waals surface area (Å²) in [5, 5.41) is 14.5. The molecule has 0 radical (unpaired) electrons. The van der Waals surface area contributed by atoms with Crippen molar-refractivity contribution in [2.75, 3.05) is 6.54 Å². The highest BCUT2D eigenvalue weighted by molar-refractivity contribution is 6.33. The van der Waals surface area contributed by atoms with Crippen LogP contribution in [0.5, 0.6) is 0 Å². The fourth-order valence-corrected chi connectivity index (χ4v) is 1.80. The van der Waals surface area contributed by atoms with Crippen molar-refractivity contribution in [3.05, 3.63) is 33.8 Å². The molecule has 1 atom stereocenters. The number of hydrogen-bond acceptors (Lipinski definition) is 2. The first-order chi connectivity index (χ1) is 7.85. The molecule has 0 bridgehead atoms. The van der Waals surface area contributed by atoms with Gasteiger partial charge in [-0.05, 0) is 38.5 Å². The van der Waals surface area contributed by atoms with Gasteiger partial charge in [0.05, 0.1) is 6.10 Å². The zero-order valence-electron chi connectivity index (χ0n) is 10.4. The Balaban J connectivity index is 2.70. The van der Waals surface area contributed by atoms with Crippen molar-refractivity contribution in [3.8, 4) is 0 Å². The van der Waals surface area contributed by atoms with E-state index in [1.807, 2.05) is 0 Å². The molecule has 0 aliphatic carbocycles. The first kappa shape index (κ1) is 14.8. The summed E-state index contributed by atoms with van der Waals surface area (Å²) in [6.07, 6.45) is 0.343. The van der Waals surface area contributed by atoms with E-state index in [-0.39, 0.29) is 5.54 Å². The standard InChI is InChI=1S/C13H19Cl2NO/c1-4-13(2,3)16-8-12(17)10-7-9(14)5-6-11(10)15/h5-7,12,16-17H,4,8H2,1-3H3. The van der Waals surface area contributed by atoms with Crippen LogP contribution in [-0.2, 0) is 0 Å². The molecule has 1 rings (SSSR count). The Morgan fingerprint density at radius 2 is 2.00 bits per heavy atom. The van der Waals surface area contributed by atoms with Gasteiger partial charge in [-0.25, -0.2) is 0 Å². The van der Waals surface area contributed by atoms with E-state index in [1.54, 1.807) is 18.2 Å². The summed E-state index contributed by atoms with van der Waals surface area (Å²) in [7, 11) is 0. The largest absolute Gasteiger partial charge is 0.387 e. The maximum absolute atomic E-state index is 10.1. The predicted octanol–water partition coefficient (Wildman–Crippen LogP) is 3.81.